The lowest BCUT2D eigenvalue weighted by atomic mass is 10.1. The molecule has 106 valence electrons. The number of benzene rings is 1. The zero-order valence-corrected chi connectivity index (χ0v) is 13.6. The maximum absolute atomic E-state index is 12.0. The summed E-state index contributed by atoms with van der Waals surface area (Å²) in [7, 11) is 0. The molecule has 0 atom stereocenters. The van der Waals surface area contributed by atoms with E-state index in [0.29, 0.717) is 27.9 Å². The zero-order valence-electron chi connectivity index (χ0n) is 11.3. The first-order valence-corrected chi connectivity index (χ1v) is 7.51. The topological polar surface area (TPSA) is 47.8 Å². The van der Waals surface area contributed by atoms with Gasteiger partial charge in [0.05, 0.1) is 0 Å². The third kappa shape index (κ3) is 3.90. The molecule has 0 bridgehead atoms. The van der Waals surface area contributed by atoms with Gasteiger partial charge in [-0.15, -0.1) is 5.10 Å². The van der Waals surface area contributed by atoms with Crippen LogP contribution in [-0.4, -0.2) is 20.5 Å². The van der Waals surface area contributed by atoms with Gasteiger partial charge in [-0.25, -0.2) is 9.67 Å². The van der Waals surface area contributed by atoms with Gasteiger partial charge in [-0.05, 0) is 34.0 Å². The molecule has 0 spiro atoms. The first-order valence-electron chi connectivity index (χ1n) is 6.33. The van der Waals surface area contributed by atoms with Crippen LogP contribution in [0.1, 0.15) is 20.3 Å². The number of carbonyl (C=O) groups excluding carboxylic acids is 1. The minimum Gasteiger partial charge on any atom is -0.298 e. The molecule has 1 aromatic heterocycles. The third-order valence-electron chi connectivity index (χ3n) is 2.69. The maximum Gasteiger partial charge on any atom is 0.217 e. The van der Waals surface area contributed by atoms with Crippen LogP contribution >= 0.6 is 27.5 Å². The van der Waals surface area contributed by atoms with Crippen molar-refractivity contribution in [2.75, 3.05) is 0 Å². The SMILES string of the molecule is CC(C)CC(=O)Cn1nc(Br)nc1-c1cccc(Cl)c1. The van der Waals surface area contributed by atoms with E-state index < -0.39 is 0 Å². The number of hydrogen-bond acceptors (Lipinski definition) is 3. The molecule has 2 rings (SSSR count). The summed E-state index contributed by atoms with van der Waals surface area (Å²) in [5.41, 5.74) is 0.841. The van der Waals surface area contributed by atoms with Crippen molar-refractivity contribution in [2.45, 2.75) is 26.8 Å². The highest BCUT2D eigenvalue weighted by molar-refractivity contribution is 9.10. The average molecular weight is 357 g/mol. The van der Waals surface area contributed by atoms with Gasteiger partial charge in [0.1, 0.15) is 6.54 Å². The van der Waals surface area contributed by atoms with E-state index in [2.05, 4.69) is 26.0 Å². The van der Waals surface area contributed by atoms with Crippen molar-refractivity contribution in [3.8, 4) is 11.4 Å². The van der Waals surface area contributed by atoms with Crippen LogP contribution in [0.5, 0.6) is 0 Å². The number of ketones is 1. The van der Waals surface area contributed by atoms with Gasteiger partial charge in [0.25, 0.3) is 0 Å². The molecular weight excluding hydrogens is 342 g/mol. The van der Waals surface area contributed by atoms with Crippen molar-refractivity contribution in [3.63, 3.8) is 0 Å². The number of carbonyl (C=O) groups is 1. The maximum atomic E-state index is 12.0. The summed E-state index contributed by atoms with van der Waals surface area (Å²) < 4.78 is 2.07. The van der Waals surface area contributed by atoms with E-state index in [-0.39, 0.29) is 12.3 Å². The number of aromatic nitrogens is 3. The van der Waals surface area contributed by atoms with Crippen LogP contribution < -0.4 is 0 Å². The van der Waals surface area contributed by atoms with Crippen LogP contribution in [0.15, 0.2) is 29.0 Å². The molecule has 0 aliphatic heterocycles. The lowest BCUT2D eigenvalue weighted by Crippen LogP contribution is -2.14. The summed E-state index contributed by atoms with van der Waals surface area (Å²) in [5, 5.41) is 4.85. The molecule has 0 unspecified atom stereocenters. The van der Waals surface area contributed by atoms with Gasteiger partial charge >= 0.3 is 0 Å². The Labute approximate surface area is 131 Å². The standard InChI is InChI=1S/C14H15BrClN3O/c1-9(2)6-12(20)8-19-13(17-14(15)18-19)10-4-3-5-11(16)7-10/h3-5,7,9H,6,8H2,1-2H3. The molecule has 0 amide bonds. The molecule has 0 aliphatic rings. The van der Waals surface area contributed by atoms with Crippen molar-refractivity contribution in [1.29, 1.82) is 0 Å². The smallest absolute Gasteiger partial charge is 0.217 e. The zero-order chi connectivity index (χ0) is 14.7. The van der Waals surface area contributed by atoms with E-state index in [1.807, 2.05) is 26.0 Å². The van der Waals surface area contributed by atoms with Gasteiger partial charge in [-0.2, -0.15) is 0 Å². The monoisotopic (exact) mass is 355 g/mol. The van der Waals surface area contributed by atoms with Crippen molar-refractivity contribution in [1.82, 2.24) is 14.8 Å². The summed E-state index contributed by atoms with van der Waals surface area (Å²) in [6, 6.07) is 7.35. The van der Waals surface area contributed by atoms with Crippen LogP contribution in [0.2, 0.25) is 5.02 Å². The first kappa shape index (κ1) is 15.2. The van der Waals surface area contributed by atoms with Crippen molar-refractivity contribution >= 4 is 33.3 Å². The molecule has 0 fully saturated rings. The minimum atomic E-state index is 0.140. The molecule has 0 saturated carbocycles. The van der Waals surface area contributed by atoms with Gasteiger partial charge in [-0.1, -0.05) is 37.6 Å². The Kier molecular flexibility index (Phi) is 4.94. The molecule has 4 nitrogen and oxygen atoms in total. The number of halogens is 2. The molecule has 0 aliphatic carbocycles. The second kappa shape index (κ2) is 6.50. The van der Waals surface area contributed by atoms with Crippen molar-refractivity contribution < 1.29 is 4.79 Å². The quantitative estimate of drug-likeness (QED) is 0.814. The first-order chi connectivity index (χ1) is 9.45. The molecule has 0 radical (unpaired) electrons. The molecule has 1 aromatic carbocycles. The fourth-order valence-corrected chi connectivity index (χ4v) is 2.50. The Bertz CT molecular complexity index is 625. The fourth-order valence-electron chi connectivity index (χ4n) is 1.95. The van der Waals surface area contributed by atoms with Crippen molar-refractivity contribution in [3.05, 3.63) is 34.0 Å². The fraction of sp³-hybridized carbons (Fsp3) is 0.357. The Balaban J connectivity index is 2.29. The van der Waals surface area contributed by atoms with E-state index >= 15 is 0 Å². The summed E-state index contributed by atoms with van der Waals surface area (Å²) in [4.78, 5) is 16.3. The van der Waals surface area contributed by atoms with Gasteiger partial charge in [0.15, 0.2) is 11.6 Å². The minimum absolute atomic E-state index is 0.140. The number of rotatable bonds is 5. The Morgan fingerprint density at radius 3 is 2.85 bits per heavy atom. The summed E-state index contributed by atoms with van der Waals surface area (Å²) >= 11 is 9.24. The summed E-state index contributed by atoms with van der Waals surface area (Å²) in [5.74, 6) is 1.11. The van der Waals surface area contributed by atoms with Gasteiger partial charge in [0, 0.05) is 17.0 Å². The second-order valence-electron chi connectivity index (χ2n) is 5.01. The van der Waals surface area contributed by atoms with E-state index in [0.717, 1.165) is 5.56 Å². The molecule has 0 N–H and O–H groups in total. The normalized spacial score (nSPS) is 11.1. The molecule has 0 saturated heterocycles. The van der Waals surface area contributed by atoms with E-state index in [4.69, 9.17) is 11.6 Å². The van der Waals surface area contributed by atoms with E-state index in [9.17, 15) is 4.79 Å². The van der Waals surface area contributed by atoms with E-state index in [1.165, 1.54) is 0 Å². The van der Waals surface area contributed by atoms with Crippen LogP contribution in [-0.2, 0) is 11.3 Å². The van der Waals surface area contributed by atoms with Gasteiger partial charge in [-0.3, -0.25) is 4.79 Å². The van der Waals surface area contributed by atoms with Crippen LogP contribution in [0.3, 0.4) is 0 Å². The highest BCUT2D eigenvalue weighted by Crippen LogP contribution is 2.22. The summed E-state index contributed by atoms with van der Waals surface area (Å²) in [6.45, 7) is 4.26. The molecule has 6 heteroatoms. The van der Waals surface area contributed by atoms with Gasteiger partial charge < -0.3 is 0 Å². The van der Waals surface area contributed by atoms with Crippen LogP contribution in [0.4, 0.5) is 0 Å². The summed E-state index contributed by atoms with van der Waals surface area (Å²) in [6.07, 6.45) is 0.534. The lowest BCUT2D eigenvalue weighted by molar-refractivity contribution is -0.120. The number of nitrogens with zero attached hydrogens (tertiary/aromatic N) is 3. The molecule has 1 heterocycles. The largest absolute Gasteiger partial charge is 0.298 e. The Hall–Kier alpha value is -1.20. The lowest BCUT2D eigenvalue weighted by Gasteiger charge is -2.07. The predicted octanol–water partition coefficient (Wildman–Crippen LogP) is 3.98. The van der Waals surface area contributed by atoms with Crippen LogP contribution in [0.25, 0.3) is 11.4 Å². The third-order valence-corrected chi connectivity index (χ3v) is 3.26. The highest BCUT2D eigenvalue weighted by Gasteiger charge is 2.14. The average Bonchev–Trinajstić information content (AvgIpc) is 2.69. The second-order valence-corrected chi connectivity index (χ2v) is 6.15. The van der Waals surface area contributed by atoms with Crippen LogP contribution in [0, 0.1) is 5.92 Å². The van der Waals surface area contributed by atoms with Gasteiger partial charge in [0.2, 0.25) is 4.73 Å². The Morgan fingerprint density at radius 1 is 1.45 bits per heavy atom. The number of Topliss-reactive ketones (excluding diaryl/α,β-unsaturated/α-hetero) is 1. The number of hydrogen-bond donors (Lipinski definition) is 0. The molecule has 2 aromatic rings. The molecule has 20 heavy (non-hydrogen) atoms. The van der Waals surface area contributed by atoms with E-state index in [1.54, 1.807) is 16.8 Å². The van der Waals surface area contributed by atoms with Crippen molar-refractivity contribution in [2.24, 2.45) is 5.92 Å². The predicted molar refractivity (Wildman–Crippen MR) is 82.6 cm³/mol. The highest BCUT2D eigenvalue weighted by atomic mass is 79.9. The molecular formula is C14H15BrClN3O. The Morgan fingerprint density at radius 2 is 2.20 bits per heavy atom.